The summed E-state index contributed by atoms with van der Waals surface area (Å²) < 4.78 is 5.38. The highest BCUT2D eigenvalue weighted by atomic mass is 16.5. The number of likely N-dealkylation sites (N-methyl/N-ethyl adjacent to an activating group) is 1. The third-order valence-electron chi connectivity index (χ3n) is 5.38. The van der Waals surface area contributed by atoms with Gasteiger partial charge in [0, 0.05) is 39.8 Å². The van der Waals surface area contributed by atoms with Gasteiger partial charge in [-0.05, 0) is 24.1 Å². The van der Waals surface area contributed by atoms with Gasteiger partial charge in [0.25, 0.3) is 5.91 Å². The fourth-order valence-corrected chi connectivity index (χ4v) is 3.78. The molecule has 3 N–H and O–H groups in total. The number of rotatable bonds is 10. The predicted molar refractivity (Wildman–Crippen MR) is 122 cm³/mol. The molecule has 8 heteroatoms. The van der Waals surface area contributed by atoms with Crippen molar-refractivity contribution in [1.82, 2.24) is 20.4 Å². The van der Waals surface area contributed by atoms with Gasteiger partial charge >= 0.3 is 6.03 Å². The van der Waals surface area contributed by atoms with Crippen molar-refractivity contribution < 1.29 is 19.4 Å². The van der Waals surface area contributed by atoms with Gasteiger partial charge in [-0.25, -0.2) is 4.79 Å². The molecule has 0 bridgehead atoms. The minimum Gasteiger partial charge on any atom is -0.484 e. The molecular weight excluding hydrogens is 408 g/mol. The maximum absolute atomic E-state index is 12.4. The van der Waals surface area contributed by atoms with Crippen LogP contribution in [0.5, 0.6) is 5.75 Å². The van der Waals surface area contributed by atoms with Crippen LogP contribution in [0.1, 0.15) is 12.0 Å². The monoisotopic (exact) mass is 440 g/mol. The summed E-state index contributed by atoms with van der Waals surface area (Å²) in [6, 6.07) is 19.0. The minimum atomic E-state index is -0.927. The molecule has 0 aliphatic carbocycles. The molecule has 3 amide bonds. The SMILES string of the molecule is CN(CC1(O)CCN(Cc2ccccc2)C1)C(=O)NCCNC(=O)COc1ccccc1. The number of amides is 3. The second kappa shape index (κ2) is 11.5. The molecule has 0 spiro atoms. The van der Waals surface area contributed by atoms with E-state index in [0.717, 1.165) is 13.1 Å². The number of aliphatic hydroxyl groups is 1. The topological polar surface area (TPSA) is 94.1 Å². The second-order valence-corrected chi connectivity index (χ2v) is 8.21. The van der Waals surface area contributed by atoms with Crippen molar-refractivity contribution in [3.8, 4) is 5.75 Å². The number of hydrogen-bond acceptors (Lipinski definition) is 5. The summed E-state index contributed by atoms with van der Waals surface area (Å²) in [7, 11) is 1.67. The smallest absolute Gasteiger partial charge is 0.317 e. The Kier molecular flexibility index (Phi) is 8.47. The third kappa shape index (κ3) is 7.55. The Morgan fingerprint density at radius 3 is 2.44 bits per heavy atom. The normalized spacial score (nSPS) is 18.2. The number of carbonyl (C=O) groups excluding carboxylic acids is 2. The van der Waals surface area contributed by atoms with Gasteiger partial charge in [-0.15, -0.1) is 0 Å². The molecular formula is C24H32N4O4. The molecule has 1 aliphatic heterocycles. The van der Waals surface area contributed by atoms with Gasteiger partial charge in [-0.2, -0.15) is 0 Å². The Bertz CT molecular complexity index is 865. The van der Waals surface area contributed by atoms with Crippen LogP contribution in [0.3, 0.4) is 0 Å². The average molecular weight is 441 g/mol. The first-order valence-electron chi connectivity index (χ1n) is 10.9. The molecule has 32 heavy (non-hydrogen) atoms. The summed E-state index contributed by atoms with van der Waals surface area (Å²) in [4.78, 5) is 27.9. The van der Waals surface area contributed by atoms with Crippen LogP contribution in [0.2, 0.25) is 0 Å². The van der Waals surface area contributed by atoms with Crippen LogP contribution in [0.15, 0.2) is 60.7 Å². The van der Waals surface area contributed by atoms with Crippen molar-refractivity contribution in [2.24, 2.45) is 0 Å². The molecule has 172 valence electrons. The third-order valence-corrected chi connectivity index (χ3v) is 5.38. The molecule has 3 rings (SSSR count). The van der Waals surface area contributed by atoms with Gasteiger partial charge in [-0.3, -0.25) is 9.69 Å². The van der Waals surface area contributed by atoms with E-state index < -0.39 is 5.60 Å². The fourth-order valence-electron chi connectivity index (χ4n) is 3.78. The molecule has 1 unspecified atom stereocenters. The molecule has 1 heterocycles. The fraction of sp³-hybridized carbons (Fsp3) is 0.417. The van der Waals surface area contributed by atoms with Crippen LogP contribution in [-0.4, -0.2) is 78.8 Å². The number of β-amino-alcohol motifs (C(OH)–C–C–N with tert-alkyl or cyclic N) is 1. The Hall–Kier alpha value is -3.10. The molecule has 1 fully saturated rings. The highest BCUT2D eigenvalue weighted by Gasteiger charge is 2.37. The van der Waals surface area contributed by atoms with Crippen molar-refractivity contribution in [3.63, 3.8) is 0 Å². The van der Waals surface area contributed by atoms with Gasteiger partial charge in [0.1, 0.15) is 5.75 Å². The van der Waals surface area contributed by atoms with Crippen LogP contribution >= 0.6 is 0 Å². The van der Waals surface area contributed by atoms with Crippen LogP contribution in [-0.2, 0) is 11.3 Å². The van der Waals surface area contributed by atoms with Gasteiger partial charge in [0.15, 0.2) is 6.61 Å². The van der Waals surface area contributed by atoms with Gasteiger partial charge in [0.2, 0.25) is 0 Å². The number of ether oxygens (including phenoxy) is 1. The Morgan fingerprint density at radius 2 is 1.72 bits per heavy atom. The maximum atomic E-state index is 12.4. The summed E-state index contributed by atoms with van der Waals surface area (Å²) >= 11 is 0. The molecule has 1 saturated heterocycles. The van der Waals surface area contributed by atoms with Crippen molar-refractivity contribution in [2.45, 2.75) is 18.6 Å². The highest BCUT2D eigenvalue weighted by Crippen LogP contribution is 2.23. The van der Waals surface area contributed by atoms with E-state index in [-0.39, 0.29) is 25.1 Å². The molecule has 2 aromatic carbocycles. The summed E-state index contributed by atoms with van der Waals surface area (Å²) in [5.74, 6) is 0.375. The van der Waals surface area contributed by atoms with Gasteiger partial charge in [0.05, 0.1) is 12.1 Å². The number of nitrogens with one attached hydrogen (secondary N) is 2. The molecule has 0 radical (unpaired) electrons. The summed E-state index contributed by atoms with van der Waals surface area (Å²) in [6.45, 7) is 2.86. The van der Waals surface area contributed by atoms with E-state index in [9.17, 15) is 14.7 Å². The summed E-state index contributed by atoms with van der Waals surface area (Å²) in [6.07, 6.45) is 0.620. The first-order chi connectivity index (χ1) is 15.4. The predicted octanol–water partition coefficient (Wildman–Crippen LogP) is 1.46. The lowest BCUT2D eigenvalue weighted by molar-refractivity contribution is -0.123. The van der Waals surface area contributed by atoms with E-state index in [1.165, 1.54) is 10.5 Å². The first kappa shape index (κ1) is 23.6. The number of likely N-dealkylation sites (tertiary alicyclic amines) is 1. The number of urea groups is 1. The molecule has 8 nitrogen and oxygen atoms in total. The van der Waals surface area contributed by atoms with Crippen LogP contribution in [0.25, 0.3) is 0 Å². The average Bonchev–Trinajstić information content (AvgIpc) is 3.16. The van der Waals surface area contributed by atoms with Gasteiger partial charge in [-0.1, -0.05) is 48.5 Å². The van der Waals surface area contributed by atoms with Crippen LogP contribution in [0, 0.1) is 0 Å². The summed E-state index contributed by atoms with van der Waals surface area (Å²) in [5.41, 5.74) is 0.281. The molecule has 1 atom stereocenters. The Labute approximate surface area is 189 Å². The molecule has 1 aliphatic rings. The lowest BCUT2D eigenvalue weighted by Gasteiger charge is -2.29. The van der Waals surface area contributed by atoms with Crippen molar-refractivity contribution in [3.05, 3.63) is 66.2 Å². The van der Waals surface area contributed by atoms with E-state index in [4.69, 9.17) is 4.74 Å². The Balaban J connectivity index is 1.31. The van der Waals surface area contributed by atoms with E-state index in [2.05, 4.69) is 27.7 Å². The van der Waals surface area contributed by atoms with Crippen molar-refractivity contribution in [2.75, 3.05) is 46.4 Å². The second-order valence-electron chi connectivity index (χ2n) is 8.21. The number of carbonyl (C=O) groups is 2. The molecule has 2 aromatic rings. The highest BCUT2D eigenvalue weighted by molar-refractivity contribution is 5.77. The van der Waals surface area contributed by atoms with Crippen molar-refractivity contribution >= 4 is 11.9 Å². The van der Waals surface area contributed by atoms with E-state index >= 15 is 0 Å². The molecule has 0 saturated carbocycles. The van der Waals surface area contributed by atoms with Crippen LogP contribution < -0.4 is 15.4 Å². The zero-order valence-corrected chi connectivity index (χ0v) is 18.5. The molecule has 0 aromatic heterocycles. The number of benzene rings is 2. The van der Waals surface area contributed by atoms with E-state index in [1.807, 2.05) is 36.4 Å². The zero-order valence-electron chi connectivity index (χ0n) is 18.5. The first-order valence-corrected chi connectivity index (χ1v) is 10.9. The standard InChI is InChI=1S/C24H32N4O4/c1-27(18-24(31)12-15-28(19-24)16-20-8-4-2-5-9-20)23(30)26-14-13-25-22(29)17-32-21-10-6-3-7-11-21/h2-11,31H,12-19H2,1H3,(H,25,29)(H,26,30). The number of hydrogen-bond donors (Lipinski definition) is 3. The summed E-state index contributed by atoms with van der Waals surface area (Å²) in [5, 5.41) is 16.4. The maximum Gasteiger partial charge on any atom is 0.317 e. The van der Waals surface area contributed by atoms with E-state index in [0.29, 0.717) is 31.8 Å². The van der Waals surface area contributed by atoms with Gasteiger partial charge < -0.3 is 25.4 Å². The Morgan fingerprint density at radius 1 is 1.06 bits per heavy atom. The number of para-hydroxylation sites is 1. The largest absolute Gasteiger partial charge is 0.484 e. The number of nitrogens with zero attached hydrogens (tertiary/aromatic N) is 2. The lowest BCUT2D eigenvalue weighted by Crippen LogP contribution is -2.49. The zero-order chi connectivity index (χ0) is 22.8. The van der Waals surface area contributed by atoms with E-state index in [1.54, 1.807) is 19.2 Å². The van der Waals surface area contributed by atoms with Crippen LogP contribution in [0.4, 0.5) is 4.79 Å². The lowest BCUT2D eigenvalue weighted by atomic mass is 10.0. The van der Waals surface area contributed by atoms with Crippen molar-refractivity contribution in [1.29, 1.82) is 0 Å². The minimum absolute atomic E-state index is 0.0790. The quantitative estimate of drug-likeness (QED) is 0.487.